The zero-order valence-electron chi connectivity index (χ0n) is 11.4. The van der Waals surface area contributed by atoms with Crippen molar-refractivity contribution in [2.45, 2.75) is 25.7 Å². The Bertz CT molecular complexity index is 397. The lowest BCUT2D eigenvalue weighted by Gasteiger charge is -2.35. The van der Waals surface area contributed by atoms with E-state index in [9.17, 15) is 0 Å². The predicted molar refractivity (Wildman–Crippen MR) is 72.0 cm³/mol. The molecule has 1 aliphatic rings. The summed E-state index contributed by atoms with van der Waals surface area (Å²) in [5.41, 5.74) is 0.999. The van der Waals surface area contributed by atoms with Crippen LogP contribution in [0.3, 0.4) is 0 Å². The summed E-state index contributed by atoms with van der Waals surface area (Å²) in [5, 5.41) is 3.41. The Balaban J connectivity index is 2.02. The van der Waals surface area contributed by atoms with Gasteiger partial charge in [-0.25, -0.2) is 4.98 Å². The Kier molecular flexibility index (Phi) is 3.73. The zero-order chi connectivity index (χ0) is 13.2. The fraction of sp³-hybridized carbons (Fsp3) is 0.615. The molecule has 0 amide bonds. The molecule has 0 aromatic carbocycles. The molecular weight excluding hydrogens is 230 g/mol. The molecule has 0 saturated carbocycles. The number of ether oxygens (including phenoxy) is 2. The number of hydrogen-bond acceptors (Lipinski definition) is 5. The molecule has 5 nitrogen and oxygen atoms in total. The van der Waals surface area contributed by atoms with Crippen LogP contribution >= 0.6 is 0 Å². The van der Waals surface area contributed by atoms with Crippen LogP contribution in [0.25, 0.3) is 0 Å². The molecule has 2 rings (SSSR count). The third-order valence-electron chi connectivity index (χ3n) is 2.83. The fourth-order valence-electron chi connectivity index (χ4n) is 1.86. The summed E-state index contributed by atoms with van der Waals surface area (Å²) < 4.78 is 11.3. The fourth-order valence-corrected chi connectivity index (χ4v) is 1.86. The molecule has 18 heavy (non-hydrogen) atoms. The highest BCUT2D eigenvalue weighted by molar-refractivity contribution is 5.65. The van der Waals surface area contributed by atoms with E-state index >= 15 is 0 Å². The predicted octanol–water partition coefficient (Wildman–Crippen LogP) is 1.71. The van der Waals surface area contributed by atoms with E-state index in [0.29, 0.717) is 13.2 Å². The van der Waals surface area contributed by atoms with E-state index in [1.54, 1.807) is 6.20 Å². The average molecular weight is 251 g/mol. The van der Waals surface area contributed by atoms with E-state index in [-0.39, 0.29) is 6.04 Å². The maximum absolute atomic E-state index is 5.63. The molecule has 1 saturated heterocycles. The molecular formula is C13H21N3O2. The first-order valence-electron chi connectivity index (χ1n) is 6.15. The molecule has 2 heterocycles. The van der Waals surface area contributed by atoms with Crippen molar-refractivity contribution in [1.29, 1.82) is 0 Å². The molecule has 1 N–H and O–H groups in total. The van der Waals surface area contributed by atoms with E-state index in [1.165, 1.54) is 0 Å². The highest BCUT2D eigenvalue weighted by atomic mass is 16.7. The van der Waals surface area contributed by atoms with Gasteiger partial charge in [0.1, 0.15) is 0 Å². The lowest BCUT2D eigenvalue weighted by atomic mass is 10.2. The standard InChI is InChI=1S/C13H21N3O2/c1-13(2)17-8-10(9-18-13)15-11-6-5-7-14-12(11)16(3)4/h5-7,10,15H,8-9H2,1-4H3. The Morgan fingerprint density at radius 2 is 2.00 bits per heavy atom. The molecule has 0 atom stereocenters. The summed E-state index contributed by atoms with van der Waals surface area (Å²) in [7, 11) is 3.95. The van der Waals surface area contributed by atoms with Crippen LogP contribution in [-0.4, -0.2) is 44.1 Å². The SMILES string of the molecule is CN(C)c1ncccc1NC1COC(C)(C)OC1. The van der Waals surface area contributed by atoms with E-state index in [0.717, 1.165) is 11.5 Å². The van der Waals surface area contributed by atoms with Crippen LogP contribution in [0.4, 0.5) is 11.5 Å². The molecule has 0 spiro atoms. The Hall–Kier alpha value is -1.33. The monoisotopic (exact) mass is 251 g/mol. The minimum atomic E-state index is -0.475. The van der Waals surface area contributed by atoms with Gasteiger partial charge in [-0.2, -0.15) is 0 Å². The van der Waals surface area contributed by atoms with Crippen LogP contribution < -0.4 is 10.2 Å². The van der Waals surface area contributed by atoms with Crippen LogP contribution in [-0.2, 0) is 9.47 Å². The van der Waals surface area contributed by atoms with Crippen molar-refractivity contribution in [3.63, 3.8) is 0 Å². The molecule has 5 heteroatoms. The first-order chi connectivity index (χ1) is 8.48. The van der Waals surface area contributed by atoms with Crippen molar-refractivity contribution in [3.05, 3.63) is 18.3 Å². The van der Waals surface area contributed by atoms with Gasteiger partial charge in [-0.1, -0.05) is 0 Å². The lowest BCUT2D eigenvalue weighted by Crippen LogP contribution is -2.45. The van der Waals surface area contributed by atoms with Gasteiger partial charge in [-0.15, -0.1) is 0 Å². The molecule has 1 fully saturated rings. The molecule has 0 unspecified atom stereocenters. The smallest absolute Gasteiger partial charge is 0.162 e. The van der Waals surface area contributed by atoms with Crippen LogP contribution in [0, 0.1) is 0 Å². The number of anilines is 2. The van der Waals surface area contributed by atoms with E-state index in [4.69, 9.17) is 9.47 Å². The normalized spacial score (nSPS) is 19.6. The van der Waals surface area contributed by atoms with Crippen molar-refractivity contribution in [2.24, 2.45) is 0 Å². The number of rotatable bonds is 3. The van der Waals surface area contributed by atoms with Gasteiger partial charge in [0.2, 0.25) is 0 Å². The average Bonchev–Trinajstić information content (AvgIpc) is 2.32. The van der Waals surface area contributed by atoms with Gasteiger partial charge in [-0.3, -0.25) is 0 Å². The van der Waals surface area contributed by atoms with Gasteiger partial charge >= 0.3 is 0 Å². The quantitative estimate of drug-likeness (QED) is 0.886. The highest BCUT2D eigenvalue weighted by Gasteiger charge is 2.28. The first-order valence-corrected chi connectivity index (χ1v) is 6.15. The van der Waals surface area contributed by atoms with Crippen LogP contribution in [0.1, 0.15) is 13.8 Å². The Morgan fingerprint density at radius 1 is 1.33 bits per heavy atom. The third kappa shape index (κ3) is 3.11. The second-order valence-corrected chi connectivity index (χ2v) is 5.13. The van der Waals surface area contributed by atoms with Crippen LogP contribution in [0.15, 0.2) is 18.3 Å². The lowest BCUT2D eigenvalue weighted by molar-refractivity contribution is -0.247. The minimum absolute atomic E-state index is 0.154. The van der Waals surface area contributed by atoms with E-state index in [1.807, 2.05) is 45.0 Å². The van der Waals surface area contributed by atoms with Crippen molar-refractivity contribution in [1.82, 2.24) is 4.98 Å². The third-order valence-corrected chi connectivity index (χ3v) is 2.83. The van der Waals surface area contributed by atoms with Gasteiger partial charge in [0.25, 0.3) is 0 Å². The summed E-state index contributed by atoms with van der Waals surface area (Å²) in [4.78, 5) is 6.34. The Morgan fingerprint density at radius 3 is 2.61 bits per heavy atom. The minimum Gasteiger partial charge on any atom is -0.375 e. The van der Waals surface area contributed by atoms with Gasteiger partial charge in [0.15, 0.2) is 11.6 Å². The van der Waals surface area contributed by atoms with Crippen molar-refractivity contribution in [3.8, 4) is 0 Å². The van der Waals surface area contributed by atoms with E-state index < -0.39 is 5.79 Å². The second-order valence-electron chi connectivity index (χ2n) is 5.13. The Labute approximate surface area is 108 Å². The molecule has 1 aromatic heterocycles. The van der Waals surface area contributed by atoms with Crippen LogP contribution in [0.2, 0.25) is 0 Å². The topological polar surface area (TPSA) is 46.6 Å². The zero-order valence-corrected chi connectivity index (χ0v) is 11.4. The summed E-state index contributed by atoms with van der Waals surface area (Å²) in [6, 6.07) is 4.09. The van der Waals surface area contributed by atoms with Crippen molar-refractivity contribution in [2.75, 3.05) is 37.5 Å². The largest absolute Gasteiger partial charge is 0.375 e. The maximum Gasteiger partial charge on any atom is 0.162 e. The number of pyridine rings is 1. The van der Waals surface area contributed by atoms with E-state index in [2.05, 4.69) is 10.3 Å². The first kappa shape index (κ1) is 13.1. The number of hydrogen-bond donors (Lipinski definition) is 1. The molecule has 1 aromatic rings. The maximum atomic E-state index is 5.63. The highest BCUT2D eigenvalue weighted by Crippen LogP contribution is 2.24. The number of aromatic nitrogens is 1. The van der Waals surface area contributed by atoms with Gasteiger partial charge in [0.05, 0.1) is 24.9 Å². The second kappa shape index (κ2) is 5.12. The summed E-state index contributed by atoms with van der Waals surface area (Å²) in [5.74, 6) is 0.444. The number of nitrogens with one attached hydrogen (secondary N) is 1. The van der Waals surface area contributed by atoms with Crippen LogP contribution in [0.5, 0.6) is 0 Å². The van der Waals surface area contributed by atoms with Gasteiger partial charge in [-0.05, 0) is 26.0 Å². The molecule has 100 valence electrons. The summed E-state index contributed by atoms with van der Waals surface area (Å²) in [6.45, 7) is 5.13. The summed E-state index contributed by atoms with van der Waals surface area (Å²) in [6.07, 6.45) is 1.79. The molecule has 1 aliphatic heterocycles. The van der Waals surface area contributed by atoms with Crippen molar-refractivity contribution < 1.29 is 9.47 Å². The molecule has 0 radical (unpaired) electrons. The van der Waals surface area contributed by atoms with Crippen molar-refractivity contribution >= 4 is 11.5 Å². The molecule has 0 bridgehead atoms. The van der Waals surface area contributed by atoms with Gasteiger partial charge in [0, 0.05) is 20.3 Å². The van der Waals surface area contributed by atoms with Gasteiger partial charge < -0.3 is 19.7 Å². The number of nitrogens with zero attached hydrogens (tertiary/aromatic N) is 2. The summed E-state index contributed by atoms with van der Waals surface area (Å²) >= 11 is 0. The molecule has 0 aliphatic carbocycles.